The van der Waals surface area contributed by atoms with Crippen LogP contribution >= 0.6 is 24.0 Å². The number of aliphatic imine (C=N–C) groups is 1. The van der Waals surface area contributed by atoms with Crippen molar-refractivity contribution in [3.8, 4) is 0 Å². The van der Waals surface area contributed by atoms with Gasteiger partial charge in [-0.25, -0.2) is 0 Å². The van der Waals surface area contributed by atoms with Crippen LogP contribution < -0.4 is 10.6 Å². The number of fused-ring (bicyclic) bond motifs is 1. The molecule has 0 fully saturated rings. The summed E-state index contributed by atoms with van der Waals surface area (Å²) in [5, 5.41) is 15.4. The van der Waals surface area contributed by atoms with Crippen LogP contribution in [0.4, 0.5) is 0 Å². The first kappa shape index (κ1) is 23.6. The van der Waals surface area contributed by atoms with E-state index in [1.165, 1.54) is 24.8 Å². The van der Waals surface area contributed by atoms with E-state index in [0.29, 0.717) is 25.7 Å². The highest BCUT2D eigenvalue weighted by Gasteiger charge is 2.14. The molecule has 0 saturated carbocycles. The van der Waals surface area contributed by atoms with Crippen LogP contribution in [0.15, 0.2) is 35.3 Å². The normalized spacial score (nSPS) is 15.0. The van der Waals surface area contributed by atoms with Gasteiger partial charge in [-0.1, -0.05) is 43.7 Å². The van der Waals surface area contributed by atoms with Gasteiger partial charge in [-0.15, -0.1) is 34.2 Å². The van der Waals surface area contributed by atoms with Crippen molar-refractivity contribution in [2.75, 3.05) is 20.2 Å². The minimum absolute atomic E-state index is 0. The number of benzene rings is 1. The maximum Gasteiger partial charge on any atom is 0.191 e. The van der Waals surface area contributed by atoms with Crippen LogP contribution in [0.2, 0.25) is 0 Å². The van der Waals surface area contributed by atoms with E-state index in [0.717, 1.165) is 37.1 Å². The Morgan fingerprint density at radius 2 is 2.00 bits per heavy atom. The molecule has 8 heteroatoms. The fraction of sp³-hybridized carbons (Fsp3) is 0.571. The Bertz CT molecular complexity index is 749. The Balaban J connectivity index is 0.00000300. The van der Waals surface area contributed by atoms with Crippen molar-refractivity contribution in [3.63, 3.8) is 0 Å². The number of nitrogens with zero attached hydrogens (tertiary/aromatic N) is 4. The van der Waals surface area contributed by atoms with Gasteiger partial charge in [0.1, 0.15) is 5.82 Å². The van der Waals surface area contributed by atoms with Crippen LogP contribution in [-0.2, 0) is 30.9 Å². The van der Waals surface area contributed by atoms with Gasteiger partial charge in [-0.2, -0.15) is 0 Å². The largest absolute Gasteiger partial charge is 0.376 e. The molecular formula is C21H33IN6O. The average molecular weight is 512 g/mol. The average Bonchev–Trinajstić information content (AvgIpc) is 2.95. The van der Waals surface area contributed by atoms with Gasteiger partial charge in [-0.05, 0) is 24.3 Å². The minimum Gasteiger partial charge on any atom is -0.376 e. The predicted octanol–water partition coefficient (Wildman–Crippen LogP) is 3.14. The predicted molar refractivity (Wildman–Crippen MR) is 126 cm³/mol. The van der Waals surface area contributed by atoms with Crippen molar-refractivity contribution in [2.24, 2.45) is 10.9 Å². The number of hydrogen-bond acceptors (Lipinski definition) is 4. The zero-order valence-corrected chi connectivity index (χ0v) is 19.8. The summed E-state index contributed by atoms with van der Waals surface area (Å²) in [6, 6.07) is 10.3. The van der Waals surface area contributed by atoms with Crippen molar-refractivity contribution >= 4 is 29.9 Å². The molecule has 1 aliphatic rings. The van der Waals surface area contributed by atoms with Gasteiger partial charge in [0.25, 0.3) is 0 Å². The van der Waals surface area contributed by atoms with Crippen LogP contribution in [0.5, 0.6) is 0 Å². The quantitative estimate of drug-likeness (QED) is 0.323. The van der Waals surface area contributed by atoms with E-state index in [4.69, 9.17) is 4.74 Å². The molecule has 1 aromatic carbocycles. The van der Waals surface area contributed by atoms with Gasteiger partial charge in [0.15, 0.2) is 11.8 Å². The third-order valence-electron chi connectivity index (χ3n) is 4.96. The molecular weight excluding hydrogens is 479 g/mol. The lowest BCUT2D eigenvalue weighted by Gasteiger charge is -2.16. The Morgan fingerprint density at radius 1 is 1.17 bits per heavy atom. The van der Waals surface area contributed by atoms with Crippen LogP contribution in [0, 0.1) is 5.92 Å². The van der Waals surface area contributed by atoms with Gasteiger partial charge in [0.2, 0.25) is 0 Å². The van der Waals surface area contributed by atoms with Crippen LogP contribution in [0.1, 0.15) is 43.4 Å². The summed E-state index contributed by atoms with van der Waals surface area (Å²) in [4.78, 5) is 4.31. The van der Waals surface area contributed by atoms with Crippen LogP contribution in [0.3, 0.4) is 0 Å². The molecule has 0 radical (unpaired) electrons. The zero-order chi connectivity index (χ0) is 19.6. The van der Waals surface area contributed by atoms with Crippen molar-refractivity contribution in [1.82, 2.24) is 25.4 Å². The lowest BCUT2D eigenvalue weighted by Crippen LogP contribution is -2.40. The molecule has 7 nitrogen and oxygen atoms in total. The molecule has 0 aliphatic carbocycles. The molecule has 2 N–H and O–H groups in total. The van der Waals surface area contributed by atoms with Crippen molar-refractivity contribution < 1.29 is 4.74 Å². The number of aromatic nitrogens is 3. The Morgan fingerprint density at radius 3 is 2.79 bits per heavy atom. The summed E-state index contributed by atoms with van der Waals surface area (Å²) in [5.41, 5.74) is 1.20. The monoisotopic (exact) mass is 512 g/mol. The molecule has 160 valence electrons. The molecule has 0 saturated heterocycles. The minimum atomic E-state index is 0. The van der Waals surface area contributed by atoms with Crippen molar-refractivity contribution in [3.05, 3.63) is 47.5 Å². The first-order chi connectivity index (χ1) is 13.8. The maximum absolute atomic E-state index is 5.82. The molecule has 0 bridgehead atoms. The first-order valence-corrected chi connectivity index (χ1v) is 10.2. The summed E-state index contributed by atoms with van der Waals surface area (Å²) in [5.74, 6) is 3.26. The van der Waals surface area contributed by atoms with E-state index >= 15 is 0 Å². The molecule has 1 aliphatic heterocycles. The number of hydrogen-bond donors (Lipinski definition) is 2. The third kappa shape index (κ3) is 7.58. The molecule has 3 rings (SSSR count). The van der Waals surface area contributed by atoms with E-state index in [9.17, 15) is 0 Å². The van der Waals surface area contributed by atoms with E-state index in [1.807, 2.05) is 18.2 Å². The Hall–Kier alpha value is -1.68. The highest BCUT2D eigenvalue weighted by atomic mass is 127. The number of ether oxygens (including phenoxy) is 1. The molecule has 2 heterocycles. The fourth-order valence-corrected chi connectivity index (χ4v) is 3.34. The van der Waals surface area contributed by atoms with Crippen molar-refractivity contribution in [2.45, 2.75) is 52.3 Å². The van der Waals surface area contributed by atoms with Crippen molar-refractivity contribution in [1.29, 1.82) is 0 Å². The van der Waals surface area contributed by atoms with E-state index in [1.54, 1.807) is 7.05 Å². The molecule has 0 spiro atoms. The summed E-state index contributed by atoms with van der Waals surface area (Å²) < 4.78 is 8.08. The standard InChI is InChI=1S/C21H32N6O.HI/c1-17(15-28-16-18-9-5-3-6-10-18)13-23-21(22-2)24-14-20-26-25-19-11-7-4-8-12-27(19)20;/h3,5-6,9-10,17H,4,7-8,11-16H2,1-2H3,(H2,22,23,24);1H. The van der Waals surface area contributed by atoms with Gasteiger partial charge >= 0.3 is 0 Å². The van der Waals surface area contributed by atoms with Crippen LogP contribution in [0.25, 0.3) is 0 Å². The Labute approximate surface area is 190 Å². The lowest BCUT2D eigenvalue weighted by molar-refractivity contribution is 0.0931. The van der Waals surface area contributed by atoms with E-state index in [-0.39, 0.29) is 24.0 Å². The number of nitrogens with one attached hydrogen (secondary N) is 2. The second-order valence-corrected chi connectivity index (χ2v) is 7.41. The zero-order valence-electron chi connectivity index (χ0n) is 17.4. The van der Waals surface area contributed by atoms with Gasteiger partial charge in [0, 0.05) is 26.6 Å². The second kappa shape index (κ2) is 12.8. The third-order valence-corrected chi connectivity index (χ3v) is 4.96. The highest BCUT2D eigenvalue weighted by Crippen LogP contribution is 2.14. The van der Waals surface area contributed by atoms with Gasteiger partial charge < -0.3 is 19.9 Å². The molecule has 1 atom stereocenters. The topological polar surface area (TPSA) is 76.4 Å². The van der Waals surface area contributed by atoms with E-state index in [2.05, 4.69) is 49.4 Å². The first-order valence-electron chi connectivity index (χ1n) is 10.2. The van der Waals surface area contributed by atoms with Crippen LogP contribution in [-0.4, -0.2) is 40.9 Å². The molecule has 2 aromatic rings. The second-order valence-electron chi connectivity index (χ2n) is 7.41. The highest BCUT2D eigenvalue weighted by molar-refractivity contribution is 14.0. The smallest absolute Gasteiger partial charge is 0.191 e. The fourth-order valence-electron chi connectivity index (χ4n) is 3.34. The summed E-state index contributed by atoms with van der Waals surface area (Å²) in [7, 11) is 1.79. The number of aryl methyl sites for hydroxylation is 1. The Kier molecular flexibility index (Phi) is 10.4. The van der Waals surface area contributed by atoms with Gasteiger partial charge in [0.05, 0.1) is 19.8 Å². The number of guanidine groups is 1. The van der Waals surface area contributed by atoms with E-state index < -0.39 is 0 Å². The number of halogens is 1. The summed E-state index contributed by atoms with van der Waals surface area (Å²) in [6.07, 6.45) is 4.70. The summed E-state index contributed by atoms with van der Waals surface area (Å²) in [6.45, 7) is 5.97. The molecule has 1 aromatic heterocycles. The lowest BCUT2D eigenvalue weighted by atomic mass is 10.2. The maximum atomic E-state index is 5.82. The number of rotatable bonds is 8. The molecule has 29 heavy (non-hydrogen) atoms. The SMILES string of the molecule is CN=C(NCc1nnc2n1CCCCC2)NCC(C)COCc1ccccc1.I. The summed E-state index contributed by atoms with van der Waals surface area (Å²) >= 11 is 0. The molecule has 1 unspecified atom stereocenters. The van der Waals surface area contributed by atoms with Gasteiger partial charge in [-0.3, -0.25) is 4.99 Å². The molecule has 0 amide bonds.